The van der Waals surface area contributed by atoms with Crippen LogP contribution in [0.2, 0.25) is 0 Å². The van der Waals surface area contributed by atoms with Crippen LogP contribution in [0, 0.1) is 0 Å². The van der Waals surface area contributed by atoms with Gasteiger partial charge in [0, 0.05) is 13.1 Å². The van der Waals surface area contributed by atoms with E-state index in [-0.39, 0.29) is 13.0 Å². The number of carbonyl (C=O) groups is 1. The van der Waals surface area contributed by atoms with Crippen molar-refractivity contribution in [3.05, 3.63) is 0 Å². The van der Waals surface area contributed by atoms with E-state index in [1.807, 2.05) is 0 Å². The third kappa shape index (κ3) is 3.29. The van der Waals surface area contributed by atoms with Crippen molar-refractivity contribution >= 4 is 5.91 Å². The number of carbonyl (C=O) groups excluding carboxylic acids is 1. The van der Waals surface area contributed by atoms with Crippen LogP contribution in [0.4, 0.5) is 22.0 Å². The summed E-state index contributed by atoms with van der Waals surface area (Å²) in [6, 6.07) is 0. The van der Waals surface area contributed by atoms with Gasteiger partial charge in [-0.3, -0.25) is 4.79 Å². The number of aliphatic hydroxyl groups is 1. The van der Waals surface area contributed by atoms with Crippen molar-refractivity contribution in [2.45, 2.75) is 25.4 Å². The van der Waals surface area contributed by atoms with Gasteiger partial charge in [-0.1, -0.05) is 6.92 Å². The van der Waals surface area contributed by atoms with Crippen LogP contribution in [0.25, 0.3) is 0 Å². The molecule has 0 saturated carbocycles. The van der Waals surface area contributed by atoms with Gasteiger partial charge in [0.25, 0.3) is 0 Å². The minimum Gasteiger partial charge on any atom is -0.395 e. The molecule has 0 rings (SSSR count). The van der Waals surface area contributed by atoms with E-state index in [0.29, 0.717) is 4.90 Å². The molecule has 16 heavy (non-hydrogen) atoms. The largest absolute Gasteiger partial charge is 0.463 e. The average Bonchev–Trinajstić information content (AvgIpc) is 2.14. The lowest BCUT2D eigenvalue weighted by atomic mass is 10.2. The highest BCUT2D eigenvalue weighted by molar-refractivity contribution is 5.84. The summed E-state index contributed by atoms with van der Waals surface area (Å²) in [5.74, 6) is -7.73. The summed E-state index contributed by atoms with van der Waals surface area (Å²) in [5.41, 5.74) is 0. The van der Waals surface area contributed by atoms with Crippen LogP contribution in [-0.2, 0) is 4.79 Å². The van der Waals surface area contributed by atoms with E-state index < -0.39 is 31.2 Å². The molecular formula is C8H12F5NO2. The smallest absolute Gasteiger partial charge is 0.395 e. The summed E-state index contributed by atoms with van der Waals surface area (Å²) >= 11 is 0. The van der Waals surface area contributed by atoms with Crippen molar-refractivity contribution < 1.29 is 31.9 Å². The molecule has 0 aromatic carbocycles. The first-order valence-corrected chi connectivity index (χ1v) is 4.53. The van der Waals surface area contributed by atoms with E-state index in [0.717, 1.165) is 0 Å². The molecule has 0 heterocycles. The Kier molecular flexibility index (Phi) is 5.11. The Morgan fingerprint density at radius 3 is 2.00 bits per heavy atom. The summed E-state index contributed by atoms with van der Waals surface area (Å²) in [5, 5.41) is 8.46. The van der Waals surface area contributed by atoms with Gasteiger partial charge in [-0.25, -0.2) is 0 Å². The normalized spacial score (nSPS) is 12.7. The van der Waals surface area contributed by atoms with Crippen molar-refractivity contribution in [2.75, 3.05) is 19.7 Å². The Bertz CT molecular complexity index is 235. The lowest BCUT2D eigenvalue weighted by Crippen LogP contribution is -2.52. The third-order valence-electron chi connectivity index (χ3n) is 1.78. The minimum absolute atomic E-state index is 0.222. The molecule has 0 saturated heterocycles. The summed E-state index contributed by atoms with van der Waals surface area (Å²) in [6.45, 7) is 0.0481. The summed E-state index contributed by atoms with van der Waals surface area (Å²) in [4.78, 5) is 11.2. The van der Waals surface area contributed by atoms with Crippen LogP contribution >= 0.6 is 0 Å². The van der Waals surface area contributed by atoms with Crippen LogP contribution < -0.4 is 0 Å². The topological polar surface area (TPSA) is 40.5 Å². The fourth-order valence-electron chi connectivity index (χ4n) is 1.03. The van der Waals surface area contributed by atoms with Crippen molar-refractivity contribution in [1.29, 1.82) is 0 Å². The lowest BCUT2D eigenvalue weighted by Gasteiger charge is -2.27. The van der Waals surface area contributed by atoms with Crippen molar-refractivity contribution in [3.63, 3.8) is 0 Å². The van der Waals surface area contributed by atoms with Gasteiger partial charge >= 0.3 is 18.0 Å². The lowest BCUT2D eigenvalue weighted by molar-refractivity contribution is -0.274. The minimum atomic E-state index is -5.91. The molecule has 1 N–H and O–H groups in total. The number of hydrogen-bond acceptors (Lipinski definition) is 2. The molecule has 0 unspecified atom stereocenters. The number of aliphatic hydroxyl groups excluding tert-OH is 1. The summed E-state index contributed by atoms with van der Waals surface area (Å²) in [6.07, 6.45) is -5.69. The summed E-state index contributed by atoms with van der Waals surface area (Å²) < 4.78 is 60.8. The zero-order valence-corrected chi connectivity index (χ0v) is 8.52. The van der Waals surface area contributed by atoms with Crippen LogP contribution in [-0.4, -0.2) is 47.7 Å². The molecule has 0 atom stereocenters. The Morgan fingerprint density at radius 1 is 1.19 bits per heavy atom. The quantitative estimate of drug-likeness (QED) is 0.748. The molecule has 0 spiro atoms. The monoisotopic (exact) mass is 249 g/mol. The second-order valence-electron chi connectivity index (χ2n) is 3.09. The molecule has 0 aliphatic heterocycles. The van der Waals surface area contributed by atoms with E-state index in [4.69, 9.17) is 5.11 Å². The highest BCUT2D eigenvalue weighted by Gasteiger charge is 2.64. The highest BCUT2D eigenvalue weighted by atomic mass is 19.4. The second-order valence-corrected chi connectivity index (χ2v) is 3.09. The fraction of sp³-hybridized carbons (Fsp3) is 0.875. The van der Waals surface area contributed by atoms with Crippen LogP contribution in [0.15, 0.2) is 0 Å². The Labute approximate surface area is 88.8 Å². The molecular weight excluding hydrogens is 237 g/mol. The standard InChI is InChI=1S/C8H12F5NO2/c1-2-3-14(4-5-15)6(16)7(9,10)8(11,12)13/h15H,2-5H2,1H3. The first-order valence-electron chi connectivity index (χ1n) is 4.53. The first kappa shape index (κ1) is 15.1. The zero-order chi connectivity index (χ0) is 13.0. The maximum absolute atomic E-state index is 12.6. The number of alkyl halides is 5. The third-order valence-corrected chi connectivity index (χ3v) is 1.78. The second kappa shape index (κ2) is 5.42. The zero-order valence-electron chi connectivity index (χ0n) is 8.52. The van der Waals surface area contributed by atoms with Gasteiger partial charge in [-0.15, -0.1) is 0 Å². The maximum Gasteiger partial charge on any atom is 0.463 e. The maximum atomic E-state index is 12.6. The Hall–Kier alpha value is -0.920. The van der Waals surface area contributed by atoms with Crippen molar-refractivity contribution in [2.24, 2.45) is 0 Å². The molecule has 0 bridgehead atoms. The molecule has 0 aromatic heterocycles. The van der Waals surface area contributed by atoms with E-state index in [1.165, 1.54) is 6.92 Å². The van der Waals surface area contributed by atoms with Crippen molar-refractivity contribution in [3.8, 4) is 0 Å². The van der Waals surface area contributed by atoms with Gasteiger partial charge in [0.15, 0.2) is 0 Å². The summed E-state index contributed by atoms with van der Waals surface area (Å²) in [7, 11) is 0. The van der Waals surface area contributed by atoms with Crippen molar-refractivity contribution in [1.82, 2.24) is 4.90 Å². The molecule has 0 aliphatic rings. The van der Waals surface area contributed by atoms with Gasteiger partial charge in [0.2, 0.25) is 0 Å². The molecule has 96 valence electrons. The number of hydrogen-bond donors (Lipinski definition) is 1. The van der Waals surface area contributed by atoms with Crippen LogP contribution in [0.1, 0.15) is 13.3 Å². The first-order chi connectivity index (χ1) is 7.18. The SMILES string of the molecule is CCCN(CCO)C(=O)C(F)(F)C(F)(F)F. The van der Waals surface area contributed by atoms with Gasteiger partial charge in [0.05, 0.1) is 6.61 Å². The number of rotatable bonds is 5. The van der Waals surface area contributed by atoms with Gasteiger partial charge in [-0.2, -0.15) is 22.0 Å². The van der Waals surface area contributed by atoms with E-state index in [1.54, 1.807) is 0 Å². The Balaban J connectivity index is 4.85. The number of amides is 1. The molecule has 1 amide bonds. The average molecular weight is 249 g/mol. The van der Waals surface area contributed by atoms with Gasteiger partial charge in [0.1, 0.15) is 0 Å². The molecule has 0 fully saturated rings. The van der Waals surface area contributed by atoms with E-state index >= 15 is 0 Å². The molecule has 0 radical (unpaired) electrons. The molecule has 3 nitrogen and oxygen atoms in total. The van der Waals surface area contributed by atoms with Crippen LogP contribution in [0.5, 0.6) is 0 Å². The predicted molar refractivity (Wildman–Crippen MR) is 45.0 cm³/mol. The van der Waals surface area contributed by atoms with Gasteiger partial charge in [-0.05, 0) is 6.42 Å². The fourth-order valence-corrected chi connectivity index (χ4v) is 1.03. The van der Waals surface area contributed by atoms with Crippen LogP contribution in [0.3, 0.4) is 0 Å². The molecule has 0 aromatic rings. The van der Waals surface area contributed by atoms with E-state index in [9.17, 15) is 26.7 Å². The van der Waals surface area contributed by atoms with E-state index in [2.05, 4.69) is 0 Å². The predicted octanol–water partition coefficient (Wildman–Crippen LogP) is 1.41. The highest BCUT2D eigenvalue weighted by Crippen LogP contribution is 2.36. The molecule has 8 heteroatoms. The Morgan fingerprint density at radius 2 is 1.69 bits per heavy atom. The number of nitrogens with zero attached hydrogens (tertiary/aromatic N) is 1. The number of halogens is 5. The molecule has 0 aliphatic carbocycles. The van der Waals surface area contributed by atoms with Gasteiger partial charge < -0.3 is 10.0 Å².